The van der Waals surface area contributed by atoms with Crippen LogP contribution in [0.1, 0.15) is 80.4 Å². The monoisotopic (exact) mass is 606 g/mol. The molecule has 0 aliphatic carbocycles. The van der Waals surface area contributed by atoms with Gasteiger partial charge < -0.3 is 19.7 Å². The van der Waals surface area contributed by atoms with Gasteiger partial charge in [-0.2, -0.15) is 0 Å². The first kappa shape index (κ1) is 30.8. The Kier molecular flexibility index (Phi) is 9.21. The highest BCUT2D eigenvalue weighted by Crippen LogP contribution is 2.38. The highest BCUT2D eigenvalue weighted by molar-refractivity contribution is 6.21. The van der Waals surface area contributed by atoms with Crippen LogP contribution in [0.2, 0.25) is 0 Å². The number of benzene rings is 4. The first-order chi connectivity index (χ1) is 21.8. The Bertz CT molecular complexity index is 1590. The number of aliphatic hydroxyl groups is 2. The van der Waals surface area contributed by atoms with E-state index < -0.39 is 12.4 Å². The molecule has 45 heavy (non-hydrogen) atoms. The van der Waals surface area contributed by atoms with E-state index in [1.807, 2.05) is 92.8 Å². The minimum absolute atomic E-state index is 0.0281. The van der Waals surface area contributed by atoms with E-state index >= 15 is 0 Å². The maximum Gasteiger partial charge on any atom is 0.261 e. The Morgan fingerprint density at radius 1 is 0.800 bits per heavy atom. The van der Waals surface area contributed by atoms with E-state index in [0.717, 1.165) is 27.8 Å². The molecule has 4 aromatic rings. The molecule has 1 saturated heterocycles. The van der Waals surface area contributed by atoms with Gasteiger partial charge in [-0.15, -0.1) is 0 Å². The predicted molar refractivity (Wildman–Crippen MR) is 169 cm³/mol. The maximum atomic E-state index is 12.9. The molecule has 0 spiro atoms. The SMILES string of the molecule is C[C@@H]([C@H](O)c1ccccc1)N(C)C[C@@H]1C[C@H](c2ccc(CO)cc2)O[C@H](c2ccc(CN3C(=O)c4ccccc4C3=O)cc2)O1. The molecule has 0 aromatic heterocycles. The number of hydrogen-bond donors (Lipinski definition) is 2. The van der Waals surface area contributed by atoms with Crippen molar-refractivity contribution in [3.63, 3.8) is 0 Å². The molecule has 6 rings (SSSR count). The molecule has 5 atom stereocenters. The molecule has 0 radical (unpaired) electrons. The van der Waals surface area contributed by atoms with Crippen LogP contribution in [0.15, 0.2) is 103 Å². The molecule has 2 N–H and O–H groups in total. The Balaban J connectivity index is 1.18. The Hall–Kier alpha value is -4.18. The molecular formula is C37H38N2O6. The van der Waals surface area contributed by atoms with E-state index in [9.17, 15) is 19.8 Å². The van der Waals surface area contributed by atoms with Gasteiger partial charge in [0.05, 0.1) is 42.6 Å². The van der Waals surface area contributed by atoms with Crippen molar-refractivity contribution in [2.75, 3.05) is 13.6 Å². The first-order valence-electron chi connectivity index (χ1n) is 15.3. The molecule has 2 heterocycles. The summed E-state index contributed by atoms with van der Waals surface area (Å²) in [6.45, 7) is 2.73. The number of fused-ring (bicyclic) bond motifs is 1. The number of carbonyl (C=O) groups is 2. The third-order valence-electron chi connectivity index (χ3n) is 8.87. The fraction of sp³-hybridized carbons (Fsp3) is 0.297. The average Bonchev–Trinajstić information content (AvgIpc) is 3.33. The second kappa shape index (κ2) is 13.4. The highest BCUT2D eigenvalue weighted by Gasteiger charge is 2.36. The van der Waals surface area contributed by atoms with E-state index in [1.165, 1.54) is 4.90 Å². The quantitative estimate of drug-likeness (QED) is 0.228. The van der Waals surface area contributed by atoms with Crippen molar-refractivity contribution in [1.29, 1.82) is 0 Å². The van der Waals surface area contributed by atoms with Gasteiger partial charge in [0.1, 0.15) is 0 Å². The van der Waals surface area contributed by atoms with Gasteiger partial charge in [0.15, 0.2) is 6.29 Å². The third kappa shape index (κ3) is 6.61. The van der Waals surface area contributed by atoms with E-state index in [1.54, 1.807) is 24.3 Å². The molecule has 0 saturated carbocycles. The molecule has 2 aliphatic rings. The molecule has 232 valence electrons. The normalized spacial score (nSPS) is 21.2. The highest BCUT2D eigenvalue weighted by atomic mass is 16.7. The fourth-order valence-corrected chi connectivity index (χ4v) is 6.04. The molecule has 8 heteroatoms. The minimum atomic E-state index is -0.651. The summed E-state index contributed by atoms with van der Waals surface area (Å²) in [5.74, 6) is -0.570. The van der Waals surface area contributed by atoms with Crippen LogP contribution in [-0.2, 0) is 22.6 Å². The van der Waals surface area contributed by atoms with Crippen LogP contribution in [0.4, 0.5) is 0 Å². The lowest BCUT2D eigenvalue weighted by molar-refractivity contribution is -0.253. The Labute approximate surface area is 263 Å². The van der Waals surface area contributed by atoms with Crippen LogP contribution in [0.5, 0.6) is 0 Å². The summed E-state index contributed by atoms with van der Waals surface area (Å²) in [6, 6.07) is 31.8. The molecule has 0 bridgehead atoms. The van der Waals surface area contributed by atoms with Gasteiger partial charge in [0.25, 0.3) is 11.8 Å². The van der Waals surface area contributed by atoms with Gasteiger partial charge in [0, 0.05) is 24.6 Å². The van der Waals surface area contributed by atoms with Gasteiger partial charge in [-0.05, 0) is 48.4 Å². The van der Waals surface area contributed by atoms with Crippen LogP contribution in [0.25, 0.3) is 0 Å². The van der Waals surface area contributed by atoms with Gasteiger partial charge in [-0.25, -0.2) is 0 Å². The number of ether oxygens (including phenoxy) is 2. The number of amides is 2. The maximum absolute atomic E-state index is 12.9. The largest absolute Gasteiger partial charge is 0.392 e. The zero-order valence-electron chi connectivity index (χ0n) is 25.5. The minimum Gasteiger partial charge on any atom is -0.392 e. The molecule has 1 fully saturated rings. The van der Waals surface area contributed by atoms with Gasteiger partial charge in [-0.1, -0.05) is 91.0 Å². The van der Waals surface area contributed by atoms with Crippen molar-refractivity contribution >= 4 is 11.8 Å². The second-order valence-corrected chi connectivity index (χ2v) is 11.9. The molecule has 8 nitrogen and oxygen atoms in total. The van der Waals surface area contributed by atoms with Gasteiger partial charge in [-0.3, -0.25) is 19.4 Å². The standard InChI is InChI=1S/C37H38N2O6/c1-24(34(41)28-8-4-3-5-9-28)38(2)22-30-20-33(27-16-14-26(23-40)15-17-27)45-37(44-30)29-18-12-25(13-19-29)21-39-35(42)31-10-6-7-11-32(31)36(39)43/h3-19,24,30,33-34,37,40-41H,20-23H2,1-2H3/t24-,30-,33+,34-,37+/m0/s1. The molecule has 2 amide bonds. The van der Waals surface area contributed by atoms with E-state index in [2.05, 4.69) is 4.90 Å². The lowest BCUT2D eigenvalue weighted by atomic mass is 9.98. The summed E-state index contributed by atoms with van der Waals surface area (Å²) in [6.07, 6.45) is -1.13. The van der Waals surface area contributed by atoms with Crippen LogP contribution in [0.3, 0.4) is 0 Å². The zero-order valence-corrected chi connectivity index (χ0v) is 25.5. The van der Waals surface area contributed by atoms with E-state index in [0.29, 0.717) is 24.1 Å². The summed E-state index contributed by atoms with van der Waals surface area (Å²) in [7, 11) is 1.99. The molecular weight excluding hydrogens is 568 g/mol. The lowest BCUT2D eigenvalue weighted by Crippen LogP contribution is -2.43. The summed E-state index contributed by atoms with van der Waals surface area (Å²) in [5, 5.41) is 20.6. The number of carbonyl (C=O) groups excluding carboxylic acids is 2. The predicted octanol–water partition coefficient (Wildman–Crippen LogP) is 5.57. The Morgan fingerprint density at radius 3 is 2.00 bits per heavy atom. The smallest absolute Gasteiger partial charge is 0.261 e. The van der Waals surface area contributed by atoms with Crippen molar-refractivity contribution < 1.29 is 29.3 Å². The van der Waals surface area contributed by atoms with Crippen LogP contribution in [0, 0.1) is 0 Å². The second-order valence-electron chi connectivity index (χ2n) is 11.9. The molecule has 2 aliphatic heterocycles. The summed E-state index contributed by atoms with van der Waals surface area (Å²) in [4.78, 5) is 29.1. The molecule has 0 unspecified atom stereocenters. The number of nitrogens with zero attached hydrogens (tertiary/aromatic N) is 2. The number of rotatable bonds is 10. The van der Waals surface area contributed by atoms with Crippen LogP contribution in [-0.4, -0.2) is 57.6 Å². The van der Waals surface area contributed by atoms with Crippen molar-refractivity contribution in [3.05, 3.63) is 142 Å². The summed E-state index contributed by atoms with van der Waals surface area (Å²) in [5.41, 5.74) is 5.20. The zero-order chi connectivity index (χ0) is 31.5. The summed E-state index contributed by atoms with van der Waals surface area (Å²) < 4.78 is 13.0. The van der Waals surface area contributed by atoms with Crippen LogP contribution >= 0.6 is 0 Å². The Morgan fingerprint density at radius 2 is 1.38 bits per heavy atom. The topological polar surface area (TPSA) is 99.5 Å². The van der Waals surface area contributed by atoms with Crippen molar-refractivity contribution in [2.24, 2.45) is 0 Å². The number of aliphatic hydroxyl groups excluding tert-OH is 2. The third-order valence-corrected chi connectivity index (χ3v) is 8.87. The van der Waals surface area contributed by atoms with Gasteiger partial charge >= 0.3 is 0 Å². The van der Waals surface area contributed by atoms with Crippen LogP contribution < -0.4 is 0 Å². The lowest BCUT2D eigenvalue weighted by Gasteiger charge is -2.39. The first-order valence-corrected chi connectivity index (χ1v) is 15.3. The molecule has 4 aromatic carbocycles. The number of hydrogen-bond acceptors (Lipinski definition) is 7. The van der Waals surface area contributed by atoms with Crippen molar-refractivity contribution in [3.8, 4) is 0 Å². The summed E-state index contributed by atoms with van der Waals surface area (Å²) >= 11 is 0. The van der Waals surface area contributed by atoms with E-state index in [-0.39, 0.29) is 43.2 Å². The number of imide groups is 1. The number of likely N-dealkylation sites (N-methyl/N-ethyl adjacent to an activating group) is 1. The van der Waals surface area contributed by atoms with Crippen molar-refractivity contribution in [1.82, 2.24) is 9.80 Å². The average molecular weight is 607 g/mol. The fourth-order valence-electron chi connectivity index (χ4n) is 6.04. The van der Waals surface area contributed by atoms with Gasteiger partial charge in [0.2, 0.25) is 0 Å². The van der Waals surface area contributed by atoms with E-state index in [4.69, 9.17) is 9.47 Å². The van der Waals surface area contributed by atoms with Crippen molar-refractivity contribution in [2.45, 2.75) is 57.1 Å².